The van der Waals surface area contributed by atoms with E-state index in [9.17, 15) is 9.59 Å². The standard InChI is InChI=1S/C21H26N2O6/c1-26-10-8-22-20(24)17-13-23(21(25)18-5-4-9-29-18)12-16(17)15-7-6-14(27-2)11-19(15)28-3/h4-7,9,11,16-17H,8,10,12-13H2,1-3H3,(H,22,24)/t16-,17+/m1/s1. The first-order valence-corrected chi connectivity index (χ1v) is 9.40. The molecule has 1 aromatic heterocycles. The lowest BCUT2D eigenvalue weighted by atomic mass is 9.87. The fourth-order valence-corrected chi connectivity index (χ4v) is 3.64. The maximum Gasteiger partial charge on any atom is 0.289 e. The number of carbonyl (C=O) groups is 2. The number of hydrogen-bond acceptors (Lipinski definition) is 6. The van der Waals surface area contributed by atoms with Gasteiger partial charge in [0.15, 0.2) is 5.76 Å². The van der Waals surface area contributed by atoms with Crippen LogP contribution in [0.15, 0.2) is 41.0 Å². The average molecular weight is 402 g/mol. The van der Waals surface area contributed by atoms with Gasteiger partial charge in [0.2, 0.25) is 5.91 Å². The fourth-order valence-electron chi connectivity index (χ4n) is 3.64. The molecule has 1 saturated heterocycles. The Morgan fingerprint density at radius 2 is 2.00 bits per heavy atom. The Balaban J connectivity index is 1.88. The molecule has 0 unspecified atom stereocenters. The van der Waals surface area contributed by atoms with Crippen molar-refractivity contribution in [1.82, 2.24) is 10.2 Å². The number of ether oxygens (including phenoxy) is 3. The molecule has 0 spiro atoms. The Labute approximate surface area is 169 Å². The normalized spacial score (nSPS) is 18.5. The van der Waals surface area contributed by atoms with Gasteiger partial charge in [0, 0.05) is 44.3 Å². The third-order valence-corrected chi connectivity index (χ3v) is 5.12. The van der Waals surface area contributed by atoms with E-state index in [1.807, 2.05) is 12.1 Å². The molecule has 8 heteroatoms. The Morgan fingerprint density at radius 3 is 2.66 bits per heavy atom. The van der Waals surface area contributed by atoms with Gasteiger partial charge in [-0.1, -0.05) is 6.07 Å². The molecule has 8 nitrogen and oxygen atoms in total. The van der Waals surface area contributed by atoms with Crippen molar-refractivity contribution in [2.24, 2.45) is 5.92 Å². The third kappa shape index (κ3) is 4.54. The number of nitrogens with zero attached hydrogens (tertiary/aromatic N) is 1. The molecule has 2 aromatic rings. The molecule has 0 bridgehead atoms. The summed E-state index contributed by atoms with van der Waals surface area (Å²) in [6.07, 6.45) is 1.46. The summed E-state index contributed by atoms with van der Waals surface area (Å²) < 4.78 is 21.1. The summed E-state index contributed by atoms with van der Waals surface area (Å²) in [5, 5.41) is 2.89. The molecule has 0 radical (unpaired) electrons. The molecule has 0 aliphatic carbocycles. The molecule has 1 aliphatic heterocycles. The second-order valence-corrected chi connectivity index (χ2v) is 6.79. The first kappa shape index (κ1) is 20.7. The lowest BCUT2D eigenvalue weighted by molar-refractivity contribution is -0.125. The van der Waals surface area contributed by atoms with Crippen LogP contribution in [0.25, 0.3) is 0 Å². The van der Waals surface area contributed by atoms with Crippen molar-refractivity contribution in [3.63, 3.8) is 0 Å². The van der Waals surface area contributed by atoms with Gasteiger partial charge >= 0.3 is 0 Å². The summed E-state index contributed by atoms with van der Waals surface area (Å²) >= 11 is 0. The number of nitrogens with one attached hydrogen (secondary N) is 1. The molecule has 2 heterocycles. The summed E-state index contributed by atoms with van der Waals surface area (Å²) in [4.78, 5) is 27.3. The van der Waals surface area contributed by atoms with Crippen molar-refractivity contribution in [3.8, 4) is 11.5 Å². The lowest BCUT2D eigenvalue weighted by Crippen LogP contribution is -2.37. The maximum atomic E-state index is 12.9. The Hall–Kier alpha value is -3.00. The highest BCUT2D eigenvalue weighted by molar-refractivity contribution is 5.92. The largest absolute Gasteiger partial charge is 0.497 e. The number of hydrogen-bond donors (Lipinski definition) is 1. The Morgan fingerprint density at radius 1 is 1.17 bits per heavy atom. The van der Waals surface area contributed by atoms with Crippen molar-refractivity contribution in [2.45, 2.75) is 5.92 Å². The lowest BCUT2D eigenvalue weighted by Gasteiger charge is -2.20. The molecule has 1 aliphatic rings. The van der Waals surface area contributed by atoms with E-state index >= 15 is 0 Å². The summed E-state index contributed by atoms with van der Waals surface area (Å²) in [5.74, 6) is 0.528. The van der Waals surface area contributed by atoms with Crippen LogP contribution < -0.4 is 14.8 Å². The zero-order chi connectivity index (χ0) is 20.8. The average Bonchev–Trinajstić information content (AvgIpc) is 3.43. The molecule has 156 valence electrons. The molecule has 1 fully saturated rings. The number of benzene rings is 1. The molecule has 2 atom stereocenters. The Kier molecular flexibility index (Phi) is 6.77. The molecule has 1 aromatic carbocycles. The van der Waals surface area contributed by atoms with Crippen LogP contribution in [-0.2, 0) is 9.53 Å². The summed E-state index contributed by atoms with van der Waals surface area (Å²) in [6.45, 7) is 1.50. The predicted octanol–water partition coefficient (Wildman–Crippen LogP) is 1.92. The van der Waals surface area contributed by atoms with Crippen molar-refractivity contribution >= 4 is 11.8 Å². The van der Waals surface area contributed by atoms with Gasteiger partial charge < -0.3 is 28.8 Å². The SMILES string of the molecule is COCCNC(=O)[C@H]1CN(C(=O)c2ccco2)C[C@@H]1c1ccc(OC)cc1OC. The van der Waals surface area contributed by atoms with Gasteiger partial charge in [-0.05, 0) is 18.2 Å². The molecule has 3 rings (SSSR count). The predicted molar refractivity (Wildman–Crippen MR) is 105 cm³/mol. The van der Waals surface area contributed by atoms with Crippen molar-refractivity contribution in [3.05, 3.63) is 47.9 Å². The molecule has 29 heavy (non-hydrogen) atoms. The first-order valence-electron chi connectivity index (χ1n) is 9.40. The van der Waals surface area contributed by atoms with Crippen LogP contribution in [0.4, 0.5) is 0 Å². The van der Waals surface area contributed by atoms with Crippen molar-refractivity contribution < 1.29 is 28.2 Å². The monoisotopic (exact) mass is 402 g/mol. The van der Waals surface area contributed by atoms with E-state index in [4.69, 9.17) is 18.6 Å². The highest BCUT2D eigenvalue weighted by Crippen LogP contribution is 2.39. The smallest absolute Gasteiger partial charge is 0.289 e. The second-order valence-electron chi connectivity index (χ2n) is 6.79. The fraction of sp³-hybridized carbons (Fsp3) is 0.429. The van der Waals surface area contributed by atoms with Gasteiger partial charge in [0.05, 0.1) is 33.0 Å². The van der Waals surface area contributed by atoms with Crippen molar-refractivity contribution in [1.29, 1.82) is 0 Å². The van der Waals surface area contributed by atoms with Gasteiger partial charge in [-0.15, -0.1) is 0 Å². The van der Waals surface area contributed by atoms with E-state index in [1.54, 1.807) is 44.4 Å². The molecular formula is C21H26N2O6. The van der Waals surface area contributed by atoms with Gasteiger partial charge in [-0.3, -0.25) is 9.59 Å². The second kappa shape index (κ2) is 9.47. The number of methoxy groups -OCH3 is 3. The number of likely N-dealkylation sites (tertiary alicyclic amines) is 1. The van der Waals surface area contributed by atoms with Crippen LogP contribution in [0.1, 0.15) is 22.0 Å². The highest BCUT2D eigenvalue weighted by Gasteiger charge is 2.42. The molecule has 2 amide bonds. The summed E-state index contributed by atoms with van der Waals surface area (Å²) in [7, 11) is 4.74. The minimum Gasteiger partial charge on any atom is -0.497 e. The van der Waals surface area contributed by atoms with Crippen LogP contribution >= 0.6 is 0 Å². The van der Waals surface area contributed by atoms with E-state index in [1.165, 1.54) is 6.26 Å². The minimum atomic E-state index is -0.423. The zero-order valence-electron chi connectivity index (χ0n) is 16.8. The zero-order valence-corrected chi connectivity index (χ0v) is 16.8. The minimum absolute atomic E-state index is 0.125. The van der Waals surface area contributed by atoms with Crippen molar-refractivity contribution in [2.75, 3.05) is 47.6 Å². The summed E-state index contributed by atoms with van der Waals surface area (Å²) in [6, 6.07) is 8.79. The van der Waals surface area contributed by atoms with Crippen LogP contribution in [0.3, 0.4) is 0 Å². The van der Waals surface area contributed by atoms with Gasteiger partial charge in [0.25, 0.3) is 5.91 Å². The van der Waals surface area contributed by atoms with Gasteiger partial charge in [-0.25, -0.2) is 0 Å². The quantitative estimate of drug-likeness (QED) is 0.679. The van der Waals surface area contributed by atoms with E-state index in [0.29, 0.717) is 31.2 Å². The van der Waals surface area contributed by atoms with E-state index in [2.05, 4.69) is 5.32 Å². The number of amides is 2. The van der Waals surface area contributed by atoms with Gasteiger partial charge in [0.1, 0.15) is 11.5 Å². The molecular weight excluding hydrogens is 376 g/mol. The topological polar surface area (TPSA) is 90.2 Å². The molecule has 1 N–H and O–H groups in total. The molecule has 0 saturated carbocycles. The van der Waals surface area contributed by atoms with Crippen LogP contribution in [-0.4, -0.2) is 64.3 Å². The van der Waals surface area contributed by atoms with Crippen LogP contribution in [0.5, 0.6) is 11.5 Å². The van der Waals surface area contributed by atoms with Crippen LogP contribution in [0, 0.1) is 5.92 Å². The Bertz CT molecular complexity index is 836. The number of rotatable bonds is 8. The van der Waals surface area contributed by atoms with E-state index in [-0.39, 0.29) is 30.0 Å². The number of furan rings is 1. The van der Waals surface area contributed by atoms with Gasteiger partial charge in [-0.2, -0.15) is 0 Å². The summed E-state index contributed by atoms with van der Waals surface area (Å²) in [5.41, 5.74) is 0.856. The third-order valence-electron chi connectivity index (χ3n) is 5.12. The maximum absolute atomic E-state index is 12.9. The number of carbonyl (C=O) groups excluding carboxylic acids is 2. The van der Waals surface area contributed by atoms with E-state index < -0.39 is 5.92 Å². The van der Waals surface area contributed by atoms with Crippen LogP contribution in [0.2, 0.25) is 0 Å². The first-order chi connectivity index (χ1) is 14.1. The van der Waals surface area contributed by atoms with E-state index in [0.717, 1.165) is 5.56 Å². The highest BCUT2D eigenvalue weighted by atomic mass is 16.5.